The zero-order valence-electron chi connectivity index (χ0n) is 19.8. The first-order valence-corrected chi connectivity index (χ1v) is 13.1. The summed E-state index contributed by atoms with van der Waals surface area (Å²) in [6.45, 7) is 9.41. The number of hydrogen-bond donors (Lipinski definition) is 2. The van der Waals surface area contributed by atoms with Crippen LogP contribution >= 0.6 is 0 Å². The second-order valence-electron chi connectivity index (χ2n) is 10.0. The molecule has 0 heterocycles. The second-order valence-corrected chi connectivity index (χ2v) is 14.0. The Morgan fingerprint density at radius 3 is 1.78 bits per heavy atom. The Hall–Kier alpha value is -2.44. The lowest BCUT2D eigenvalue weighted by atomic mass is 9.95. The summed E-state index contributed by atoms with van der Waals surface area (Å²) >= 11 is 0. The third-order valence-corrected chi connectivity index (χ3v) is 10.4. The lowest BCUT2D eigenvalue weighted by molar-refractivity contribution is -0.160. The molecule has 2 aromatic carbocycles. The third-order valence-electron chi connectivity index (χ3n) is 5.90. The van der Waals surface area contributed by atoms with E-state index in [1.165, 1.54) is 0 Å². The number of esters is 1. The van der Waals surface area contributed by atoms with Crippen molar-refractivity contribution in [2.75, 3.05) is 0 Å². The Labute approximate surface area is 192 Å². The van der Waals surface area contributed by atoms with Crippen LogP contribution < -0.4 is 10.4 Å². The summed E-state index contributed by atoms with van der Waals surface area (Å²) in [6.07, 6.45) is 1.43. The van der Waals surface area contributed by atoms with E-state index in [2.05, 4.69) is 13.8 Å². The number of aliphatic carboxylic acids is 1. The molecule has 0 saturated carbocycles. The fraction of sp³-hybridized carbons (Fsp3) is 0.462. The summed E-state index contributed by atoms with van der Waals surface area (Å²) in [5, 5.41) is 11.0. The van der Waals surface area contributed by atoms with Crippen LogP contribution in [-0.4, -0.2) is 35.8 Å². The summed E-state index contributed by atoms with van der Waals surface area (Å²) in [4.78, 5) is 36.1. The fourth-order valence-electron chi connectivity index (χ4n) is 4.18. The molecule has 0 aromatic heterocycles. The molecule has 0 bridgehead atoms. The molecular weight excluding hydrogens is 420 g/mol. The van der Waals surface area contributed by atoms with Gasteiger partial charge in [-0.3, -0.25) is 9.59 Å². The van der Waals surface area contributed by atoms with Crippen LogP contribution in [0, 0.1) is 5.92 Å². The molecule has 0 amide bonds. The first-order valence-electron chi connectivity index (χ1n) is 11.1. The molecule has 2 N–H and O–H groups in total. The van der Waals surface area contributed by atoms with Gasteiger partial charge >= 0.3 is 11.9 Å². The fourth-order valence-corrected chi connectivity index (χ4v) is 7.96. The van der Waals surface area contributed by atoms with E-state index in [9.17, 15) is 19.5 Å². The number of hydrogen-bond acceptors (Lipinski definition) is 4. The average Bonchev–Trinajstić information content (AvgIpc) is 2.72. The van der Waals surface area contributed by atoms with Gasteiger partial charge in [-0.2, -0.15) is 0 Å². The minimum atomic E-state index is -3.13. The first kappa shape index (κ1) is 25.8. The molecule has 2 aromatic rings. The summed E-state index contributed by atoms with van der Waals surface area (Å²) in [5.74, 6) is -2.29. The van der Waals surface area contributed by atoms with E-state index in [1.54, 1.807) is 20.8 Å². The Kier molecular flexibility index (Phi) is 8.43. The van der Waals surface area contributed by atoms with Gasteiger partial charge in [-0.05, 0) is 49.0 Å². The van der Waals surface area contributed by atoms with Crippen molar-refractivity contribution in [2.45, 2.75) is 70.9 Å². The van der Waals surface area contributed by atoms with Crippen LogP contribution in [-0.2, 0) is 14.3 Å². The largest absolute Gasteiger partial charge is 0.481 e. The number of carboxylic acid groups (broad SMARTS) is 1. The van der Waals surface area contributed by atoms with Gasteiger partial charge in [0.1, 0.15) is 5.60 Å². The number of carboxylic acids is 1. The lowest BCUT2D eigenvalue weighted by Crippen LogP contribution is -2.65. The molecule has 0 aliphatic heterocycles. The summed E-state index contributed by atoms with van der Waals surface area (Å²) in [6, 6.07) is 19.5. The van der Waals surface area contributed by atoms with Crippen LogP contribution in [0.4, 0.5) is 0 Å². The average molecular weight is 457 g/mol. The quantitative estimate of drug-likeness (QED) is 0.415. The normalized spacial score (nSPS) is 13.4. The molecule has 0 spiro atoms. The zero-order valence-corrected chi connectivity index (χ0v) is 20.8. The van der Waals surface area contributed by atoms with Gasteiger partial charge in [0.15, 0.2) is 0 Å². The van der Waals surface area contributed by atoms with Gasteiger partial charge in [0, 0.05) is 0 Å². The van der Waals surface area contributed by atoms with Gasteiger partial charge < -0.3 is 14.6 Å². The smallest absolute Gasteiger partial charge is 0.307 e. The highest BCUT2D eigenvalue weighted by Crippen LogP contribution is 2.40. The SMILES string of the molecule is CC(C)(C)OC(=O)CC(CCCC(C)(C)[Si](O)(c1ccccc1)c1ccccc1)C(=O)O. The number of benzene rings is 2. The molecule has 32 heavy (non-hydrogen) atoms. The van der Waals surface area contributed by atoms with Crippen LogP contribution in [0.25, 0.3) is 0 Å². The van der Waals surface area contributed by atoms with Crippen molar-refractivity contribution in [3.05, 3.63) is 60.7 Å². The molecule has 1 atom stereocenters. The van der Waals surface area contributed by atoms with E-state index in [-0.39, 0.29) is 6.42 Å². The van der Waals surface area contributed by atoms with E-state index in [1.807, 2.05) is 60.7 Å². The molecule has 6 heteroatoms. The molecule has 5 nitrogen and oxygen atoms in total. The second kappa shape index (κ2) is 10.4. The number of carbonyl (C=O) groups is 2. The monoisotopic (exact) mass is 456 g/mol. The highest BCUT2D eigenvalue weighted by Gasteiger charge is 2.49. The molecule has 0 radical (unpaired) electrons. The van der Waals surface area contributed by atoms with Crippen LogP contribution in [0.1, 0.15) is 60.3 Å². The first-order chi connectivity index (χ1) is 14.9. The van der Waals surface area contributed by atoms with Crippen LogP contribution in [0.3, 0.4) is 0 Å². The van der Waals surface area contributed by atoms with E-state index in [4.69, 9.17) is 4.74 Å². The molecule has 174 valence electrons. The number of carbonyl (C=O) groups excluding carboxylic acids is 1. The van der Waals surface area contributed by atoms with E-state index in [0.29, 0.717) is 19.3 Å². The minimum Gasteiger partial charge on any atom is -0.481 e. The Morgan fingerprint density at radius 2 is 1.38 bits per heavy atom. The van der Waals surface area contributed by atoms with Crippen molar-refractivity contribution >= 4 is 30.6 Å². The van der Waals surface area contributed by atoms with Gasteiger partial charge in [-0.15, -0.1) is 0 Å². The Bertz CT molecular complexity index is 848. The molecule has 0 fully saturated rings. The van der Waals surface area contributed by atoms with Gasteiger partial charge in [-0.25, -0.2) is 0 Å². The highest BCUT2D eigenvalue weighted by molar-refractivity contribution is 6.98. The lowest BCUT2D eigenvalue weighted by Gasteiger charge is -2.41. The van der Waals surface area contributed by atoms with Crippen LogP contribution in [0.2, 0.25) is 5.04 Å². The maximum atomic E-state index is 12.2. The topological polar surface area (TPSA) is 83.8 Å². The maximum Gasteiger partial charge on any atom is 0.307 e. The van der Waals surface area contributed by atoms with E-state index < -0.39 is 36.8 Å². The molecule has 0 aliphatic rings. The van der Waals surface area contributed by atoms with Crippen LogP contribution in [0.15, 0.2) is 60.7 Å². The maximum absolute atomic E-state index is 12.2. The van der Waals surface area contributed by atoms with Crippen molar-refractivity contribution in [3.8, 4) is 0 Å². The zero-order chi connectivity index (χ0) is 24.0. The van der Waals surface area contributed by atoms with Crippen molar-refractivity contribution in [2.24, 2.45) is 5.92 Å². The van der Waals surface area contributed by atoms with Gasteiger partial charge in [0.25, 0.3) is 8.32 Å². The Morgan fingerprint density at radius 1 is 0.906 bits per heavy atom. The number of ether oxygens (including phenoxy) is 1. The standard InChI is InChI=1S/C26H36O5Si/c1-25(2,3)31-23(27)19-20(24(28)29)13-12-18-26(4,5)32(30,21-14-8-6-9-15-21)22-16-10-7-11-17-22/h6-11,14-17,20,30H,12-13,18-19H2,1-5H3,(H,28,29). The summed E-state index contributed by atoms with van der Waals surface area (Å²) < 4.78 is 5.30. The van der Waals surface area contributed by atoms with Crippen molar-refractivity contribution in [1.82, 2.24) is 0 Å². The van der Waals surface area contributed by atoms with E-state index >= 15 is 0 Å². The van der Waals surface area contributed by atoms with Gasteiger partial charge in [0.05, 0.1) is 12.3 Å². The number of rotatable bonds is 10. The molecule has 0 aliphatic carbocycles. The Balaban J connectivity index is 2.18. The van der Waals surface area contributed by atoms with Crippen molar-refractivity contribution < 1.29 is 24.2 Å². The van der Waals surface area contributed by atoms with Gasteiger partial charge in [0.2, 0.25) is 0 Å². The third kappa shape index (κ3) is 6.53. The summed E-state index contributed by atoms with van der Waals surface area (Å²) in [7, 11) is -3.13. The predicted molar refractivity (Wildman–Crippen MR) is 130 cm³/mol. The van der Waals surface area contributed by atoms with Gasteiger partial charge in [-0.1, -0.05) is 80.9 Å². The summed E-state index contributed by atoms with van der Waals surface area (Å²) in [5.41, 5.74) is -0.643. The molecular formula is C26H36O5Si. The molecule has 2 rings (SSSR count). The van der Waals surface area contributed by atoms with Crippen LogP contribution in [0.5, 0.6) is 0 Å². The minimum absolute atomic E-state index is 0.147. The van der Waals surface area contributed by atoms with E-state index in [0.717, 1.165) is 10.4 Å². The van der Waals surface area contributed by atoms with Crippen molar-refractivity contribution in [3.63, 3.8) is 0 Å². The predicted octanol–water partition coefficient (Wildman–Crippen LogP) is 4.12. The molecule has 0 saturated heterocycles. The van der Waals surface area contributed by atoms with Crippen molar-refractivity contribution in [1.29, 1.82) is 0 Å². The highest BCUT2D eigenvalue weighted by atomic mass is 28.4. The molecule has 1 unspecified atom stereocenters.